The lowest BCUT2D eigenvalue weighted by molar-refractivity contribution is 0.591. The van der Waals surface area contributed by atoms with E-state index in [0.29, 0.717) is 0 Å². The van der Waals surface area contributed by atoms with Gasteiger partial charge < -0.3 is 13.4 Å². The Labute approximate surface area is 382 Å². The molecule has 0 saturated carbocycles. The van der Waals surface area contributed by atoms with Crippen LogP contribution < -0.4 is 0 Å². The van der Waals surface area contributed by atoms with Gasteiger partial charge in [-0.3, -0.25) is 4.40 Å². The lowest BCUT2D eigenvalue weighted by atomic mass is 9.83. The van der Waals surface area contributed by atoms with Crippen molar-refractivity contribution in [3.05, 3.63) is 162 Å². The Kier molecular flexibility index (Phi) is 7.10. The van der Waals surface area contributed by atoms with Crippen LogP contribution in [0.25, 0.3) is 126 Å². The van der Waals surface area contributed by atoms with Crippen molar-refractivity contribution < 1.29 is 4.42 Å². The van der Waals surface area contributed by atoms with E-state index in [9.17, 15) is 0 Å². The molecule has 0 atom stereocenters. The second-order valence-electron chi connectivity index (χ2n) is 22.3. The van der Waals surface area contributed by atoms with Crippen LogP contribution in [0.15, 0.2) is 150 Å². The van der Waals surface area contributed by atoms with Crippen LogP contribution in [0, 0.1) is 0 Å². The van der Waals surface area contributed by atoms with Gasteiger partial charge in [0.15, 0.2) is 0 Å². The van der Waals surface area contributed by atoms with Crippen molar-refractivity contribution in [3.63, 3.8) is 0 Å². The average molecular weight is 854 g/mol. The van der Waals surface area contributed by atoms with Gasteiger partial charge in [-0.1, -0.05) is 123 Å². The van der Waals surface area contributed by atoms with E-state index in [1.54, 1.807) is 0 Å². The van der Waals surface area contributed by atoms with Crippen molar-refractivity contribution in [1.29, 1.82) is 0 Å². The summed E-state index contributed by atoms with van der Waals surface area (Å²) in [6, 6.07) is 55.3. The summed E-state index contributed by atoms with van der Waals surface area (Å²) < 4.78 is 14.4. The van der Waals surface area contributed by atoms with Gasteiger partial charge >= 0.3 is 0 Å². The highest BCUT2D eigenvalue weighted by Crippen LogP contribution is 2.50. The van der Waals surface area contributed by atoms with Gasteiger partial charge in [-0.05, 0) is 123 Å². The molecule has 320 valence electrons. The number of nitrogens with zero attached hydrogens (tertiary/aromatic N) is 3. The molecule has 0 radical (unpaired) electrons. The highest BCUT2D eigenvalue weighted by Gasteiger charge is 2.30. The van der Waals surface area contributed by atoms with Crippen molar-refractivity contribution in [2.45, 2.75) is 78.6 Å². The Hall–Kier alpha value is -7.30. The van der Waals surface area contributed by atoms with Crippen LogP contribution in [0.5, 0.6) is 0 Å². The first-order chi connectivity index (χ1) is 31.6. The summed E-state index contributed by atoms with van der Waals surface area (Å²) in [5.41, 5.74) is 17.9. The van der Waals surface area contributed by atoms with Gasteiger partial charge in [-0.15, -0.1) is 0 Å². The van der Waals surface area contributed by atoms with Crippen LogP contribution in [0.1, 0.15) is 79.0 Å². The third-order valence-electron chi connectivity index (χ3n) is 15.1. The molecule has 0 saturated heterocycles. The number of rotatable bonds is 2. The van der Waals surface area contributed by atoms with Gasteiger partial charge in [-0.2, -0.15) is 0 Å². The predicted octanol–water partition coefficient (Wildman–Crippen LogP) is 17.4. The molecule has 0 amide bonds. The average Bonchev–Trinajstić information content (AvgIpc) is 4.12. The number of hydrogen-bond donors (Lipinski definition) is 0. The Morgan fingerprint density at radius 1 is 0.364 bits per heavy atom. The first-order valence-electron chi connectivity index (χ1n) is 23.6. The number of fused-ring (bicyclic) bond motifs is 17. The number of furan rings is 1. The van der Waals surface area contributed by atoms with E-state index in [1.165, 1.54) is 131 Å². The third-order valence-corrected chi connectivity index (χ3v) is 15.1. The summed E-state index contributed by atoms with van der Waals surface area (Å²) in [7, 11) is 0. The molecule has 6 aromatic heterocycles. The zero-order valence-electron chi connectivity index (χ0n) is 39.1. The lowest BCUT2D eigenvalue weighted by Crippen LogP contribution is -2.11. The molecular weight excluding hydrogens is 803 g/mol. The van der Waals surface area contributed by atoms with Crippen LogP contribution in [0.3, 0.4) is 0 Å². The van der Waals surface area contributed by atoms with E-state index < -0.39 is 0 Å². The van der Waals surface area contributed by atoms with Crippen molar-refractivity contribution in [2.24, 2.45) is 0 Å². The quantitative estimate of drug-likeness (QED) is 0.170. The monoisotopic (exact) mass is 853 g/mol. The number of para-hydroxylation sites is 3. The van der Waals surface area contributed by atoms with E-state index in [0.717, 1.165) is 11.3 Å². The van der Waals surface area contributed by atoms with Crippen LogP contribution in [0.2, 0.25) is 0 Å². The first-order valence-corrected chi connectivity index (χ1v) is 23.6. The van der Waals surface area contributed by atoms with E-state index in [-0.39, 0.29) is 16.2 Å². The maximum atomic E-state index is 6.89. The zero-order chi connectivity index (χ0) is 44.9. The fourth-order valence-corrected chi connectivity index (χ4v) is 11.7. The predicted molar refractivity (Wildman–Crippen MR) is 281 cm³/mol. The molecule has 6 heterocycles. The summed E-state index contributed by atoms with van der Waals surface area (Å²) in [4.78, 5) is 0. The van der Waals surface area contributed by atoms with Crippen LogP contribution in [-0.4, -0.2) is 13.4 Å². The van der Waals surface area contributed by atoms with Gasteiger partial charge in [-0.25, -0.2) is 0 Å². The highest BCUT2D eigenvalue weighted by molar-refractivity contribution is 6.32. The fourth-order valence-electron chi connectivity index (χ4n) is 11.7. The van der Waals surface area contributed by atoms with Gasteiger partial charge in [0.05, 0.1) is 44.0 Å². The van der Waals surface area contributed by atoms with Crippen molar-refractivity contribution in [2.75, 3.05) is 0 Å². The molecule has 14 rings (SSSR count). The molecule has 0 aliphatic carbocycles. The lowest BCUT2D eigenvalue weighted by Gasteiger charge is -2.22. The van der Waals surface area contributed by atoms with Crippen LogP contribution in [0.4, 0.5) is 0 Å². The maximum Gasteiger partial charge on any atom is 0.213 e. The van der Waals surface area contributed by atoms with Gasteiger partial charge in [0.1, 0.15) is 5.58 Å². The second kappa shape index (κ2) is 12.3. The minimum Gasteiger partial charge on any atom is -0.439 e. The van der Waals surface area contributed by atoms with E-state index in [4.69, 9.17) is 4.42 Å². The Morgan fingerprint density at radius 3 is 1.56 bits per heavy atom. The van der Waals surface area contributed by atoms with Crippen LogP contribution in [-0.2, 0) is 16.2 Å². The standard InChI is InChI=1S/C62H51N3O/c1-60(2,3)35-26-41(34-23-24-51-42(25-34)39-19-13-15-21-50(39)63(51)38-17-11-10-12-18-38)56-47(29-35)48-30-36(61(4,5)6)27-45-43-32-44-46-28-37(62(7,8)9)31-49-55-40-20-14-16-22-54(40)66-59(55)65(58(46)49)53(44)33-52(43)64(56)57(45)48/h10-33H,1-9H3. The summed E-state index contributed by atoms with van der Waals surface area (Å²) in [5.74, 6) is 0. The normalized spacial score (nSPS) is 13.5. The maximum absolute atomic E-state index is 6.89. The molecular formula is C62H51N3O. The first kappa shape index (κ1) is 38.0. The molecule has 0 bridgehead atoms. The molecule has 0 spiro atoms. The molecule has 0 N–H and O–H groups in total. The van der Waals surface area contributed by atoms with E-state index >= 15 is 0 Å². The van der Waals surface area contributed by atoms with E-state index in [2.05, 4.69) is 221 Å². The number of aromatic nitrogens is 3. The topological polar surface area (TPSA) is 26.9 Å². The minimum absolute atomic E-state index is 0.0373. The zero-order valence-corrected chi connectivity index (χ0v) is 39.1. The summed E-state index contributed by atoms with van der Waals surface area (Å²) in [6.07, 6.45) is 0. The Morgan fingerprint density at radius 2 is 0.879 bits per heavy atom. The Bertz CT molecular complexity index is 4370. The highest BCUT2D eigenvalue weighted by atomic mass is 16.3. The molecule has 4 heteroatoms. The molecule has 0 unspecified atom stereocenters. The van der Waals surface area contributed by atoms with Crippen molar-refractivity contribution >= 4 is 109 Å². The molecule has 0 fully saturated rings. The van der Waals surface area contributed by atoms with Crippen molar-refractivity contribution in [1.82, 2.24) is 13.4 Å². The van der Waals surface area contributed by atoms with Gasteiger partial charge in [0, 0.05) is 65.1 Å². The van der Waals surface area contributed by atoms with Gasteiger partial charge in [0.2, 0.25) is 5.71 Å². The largest absolute Gasteiger partial charge is 0.439 e. The number of benzene rings is 8. The second-order valence-corrected chi connectivity index (χ2v) is 22.3. The molecule has 4 nitrogen and oxygen atoms in total. The third kappa shape index (κ3) is 4.89. The minimum atomic E-state index is -0.0758. The summed E-state index contributed by atoms with van der Waals surface area (Å²) in [6.45, 7) is 21.1. The summed E-state index contributed by atoms with van der Waals surface area (Å²) >= 11 is 0. The molecule has 0 aliphatic heterocycles. The molecule has 66 heavy (non-hydrogen) atoms. The SMILES string of the molecule is CC(C)(C)c1cc(-c2ccc3c(c2)c2ccccc2n3-c2ccccc2)c2c(c1)c1cc(C(C)(C)C)cc3c4cc5c6cc(C(C)(C)C)cc7c8c9ccccc9oc8n(c5cc4n2c31)c67. The molecule has 0 aliphatic rings. The Balaban J connectivity index is 1.17. The van der Waals surface area contributed by atoms with Gasteiger partial charge in [0.25, 0.3) is 0 Å². The smallest absolute Gasteiger partial charge is 0.213 e. The summed E-state index contributed by atoms with van der Waals surface area (Å²) in [5, 5.41) is 13.9. The van der Waals surface area contributed by atoms with Crippen LogP contribution >= 0.6 is 0 Å². The molecule has 8 aromatic carbocycles. The molecule has 14 aromatic rings. The number of hydrogen-bond acceptors (Lipinski definition) is 1. The fraction of sp³-hybridized carbons (Fsp3) is 0.194. The van der Waals surface area contributed by atoms with Crippen molar-refractivity contribution in [3.8, 4) is 16.8 Å². The van der Waals surface area contributed by atoms with E-state index in [1.807, 2.05) is 0 Å².